The highest BCUT2D eigenvalue weighted by Gasteiger charge is 2.35. The molecule has 3 saturated heterocycles. The highest BCUT2D eigenvalue weighted by Crippen LogP contribution is 2.28. The third-order valence-corrected chi connectivity index (χ3v) is 5.72. The number of rotatable bonds is 2. The summed E-state index contributed by atoms with van der Waals surface area (Å²) >= 11 is 1.48. The van der Waals surface area contributed by atoms with Crippen LogP contribution in [-0.4, -0.2) is 41.5 Å². The number of hydrogen-bond acceptors (Lipinski definition) is 5. The summed E-state index contributed by atoms with van der Waals surface area (Å²) in [5.74, 6) is 0.462. The second-order valence-electron chi connectivity index (χ2n) is 6.04. The topological polar surface area (TPSA) is 69.0 Å². The predicted molar refractivity (Wildman–Crippen MR) is 84.8 cm³/mol. The van der Waals surface area contributed by atoms with Gasteiger partial charge in [0.2, 0.25) is 0 Å². The van der Waals surface area contributed by atoms with E-state index in [0.717, 1.165) is 29.7 Å². The van der Waals surface area contributed by atoms with Gasteiger partial charge in [-0.1, -0.05) is 0 Å². The Hall–Kier alpha value is -1.97. The van der Waals surface area contributed by atoms with Crippen molar-refractivity contribution in [3.63, 3.8) is 0 Å². The minimum atomic E-state index is -0.129. The third kappa shape index (κ3) is 2.27. The van der Waals surface area contributed by atoms with Crippen LogP contribution in [-0.2, 0) is 0 Å². The Balaban J connectivity index is 1.56. The smallest absolute Gasteiger partial charge is 0.270 e. The second-order valence-corrected chi connectivity index (χ2v) is 6.96. The lowest BCUT2D eigenvalue weighted by molar-refractivity contribution is 0.0618. The zero-order chi connectivity index (χ0) is 15.1. The van der Waals surface area contributed by atoms with Gasteiger partial charge in [0.15, 0.2) is 0 Å². The second kappa shape index (κ2) is 5.34. The number of piperidine rings is 3. The minimum Gasteiger partial charge on any atom is -0.346 e. The number of nitrogens with one attached hydrogen (secondary N) is 1. The molecule has 2 bridgehead atoms. The van der Waals surface area contributed by atoms with Crippen molar-refractivity contribution in [3.8, 4) is 6.07 Å². The zero-order valence-electron chi connectivity index (χ0n) is 12.1. The summed E-state index contributed by atoms with van der Waals surface area (Å²) in [5.41, 5.74) is 1.01. The Morgan fingerprint density at radius 2 is 2.27 bits per heavy atom. The molecule has 0 aromatic carbocycles. The molecule has 0 radical (unpaired) electrons. The van der Waals surface area contributed by atoms with Crippen molar-refractivity contribution in [2.24, 2.45) is 5.92 Å². The normalized spacial score (nSPS) is 26.8. The number of hydrogen-bond donors (Lipinski definition) is 1. The zero-order valence-corrected chi connectivity index (χ0v) is 12.9. The molecule has 0 spiro atoms. The van der Waals surface area contributed by atoms with Crippen LogP contribution in [0.25, 0.3) is 10.1 Å². The SMILES string of the molecule is N#Cc1csc2cnc(C(=O)NC3CN4CCC3CC4)cc12. The maximum absolute atomic E-state index is 12.5. The molecule has 5 rings (SSSR count). The summed E-state index contributed by atoms with van der Waals surface area (Å²) in [5, 5.41) is 14.9. The van der Waals surface area contributed by atoms with E-state index < -0.39 is 0 Å². The number of nitriles is 1. The van der Waals surface area contributed by atoms with Gasteiger partial charge in [-0.15, -0.1) is 11.3 Å². The average molecular weight is 312 g/mol. The van der Waals surface area contributed by atoms with E-state index in [9.17, 15) is 4.79 Å². The van der Waals surface area contributed by atoms with Crippen molar-refractivity contribution >= 4 is 27.3 Å². The molecule has 1 amide bonds. The standard InChI is InChI=1S/C16H16N4OS/c17-6-11-9-22-15-7-18-13(5-12(11)15)16(21)19-14-8-20-3-1-10(14)2-4-20/h5,7,9-10,14H,1-4,8H2,(H,19,21). The molecular weight excluding hydrogens is 296 g/mol. The molecule has 1 unspecified atom stereocenters. The lowest BCUT2D eigenvalue weighted by Gasteiger charge is -2.44. The first-order valence-corrected chi connectivity index (χ1v) is 8.43. The first kappa shape index (κ1) is 13.7. The Bertz CT molecular complexity index is 770. The van der Waals surface area contributed by atoms with Crippen LogP contribution in [0.15, 0.2) is 17.6 Å². The number of thiophene rings is 1. The first-order valence-electron chi connectivity index (χ1n) is 7.55. The molecule has 0 saturated carbocycles. The van der Waals surface area contributed by atoms with Gasteiger partial charge in [-0.3, -0.25) is 4.79 Å². The number of fused-ring (bicyclic) bond motifs is 4. The molecule has 5 nitrogen and oxygen atoms in total. The molecule has 6 heteroatoms. The van der Waals surface area contributed by atoms with E-state index >= 15 is 0 Å². The van der Waals surface area contributed by atoms with Gasteiger partial charge in [-0.25, -0.2) is 4.98 Å². The molecule has 2 aromatic rings. The van der Waals surface area contributed by atoms with Crippen LogP contribution < -0.4 is 5.32 Å². The van der Waals surface area contributed by atoms with Crippen LogP contribution in [0.4, 0.5) is 0 Å². The molecule has 3 aliphatic heterocycles. The largest absolute Gasteiger partial charge is 0.346 e. The monoisotopic (exact) mass is 312 g/mol. The molecule has 2 aromatic heterocycles. The molecule has 22 heavy (non-hydrogen) atoms. The third-order valence-electron chi connectivity index (χ3n) is 4.79. The Morgan fingerprint density at radius 1 is 1.45 bits per heavy atom. The molecule has 3 aliphatic rings. The van der Waals surface area contributed by atoms with E-state index in [1.807, 2.05) is 0 Å². The van der Waals surface area contributed by atoms with Gasteiger partial charge in [0, 0.05) is 29.5 Å². The molecule has 0 aliphatic carbocycles. The van der Waals surface area contributed by atoms with E-state index in [1.165, 1.54) is 24.2 Å². The summed E-state index contributed by atoms with van der Waals surface area (Å²) in [6, 6.07) is 4.13. The lowest BCUT2D eigenvalue weighted by Crippen LogP contribution is -2.57. The van der Waals surface area contributed by atoms with Crippen molar-refractivity contribution in [2.75, 3.05) is 19.6 Å². The quantitative estimate of drug-likeness (QED) is 0.921. The fourth-order valence-electron chi connectivity index (χ4n) is 3.51. The fourth-order valence-corrected chi connectivity index (χ4v) is 4.35. The van der Waals surface area contributed by atoms with Crippen molar-refractivity contribution in [1.29, 1.82) is 5.26 Å². The van der Waals surface area contributed by atoms with Gasteiger partial charge in [0.05, 0.1) is 10.3 Å². The summed E-state index contributed by atoms with van der Waals surface area (Å²) < 4.78 is 0.941. The Labute approximate surface area is 132 Å². The Kier molecular flexibility index (Phi) is 3.32. The number of carbonyl (C=O) groups is 1. The molecule has 5 heterocycles. The van der Waals surface area contributed by atoms with Crippen LogP contribution in [0.2, 0.25) is 0 Å². The van der Waals surface area contributed by atoms with E-state index in [2.05, 4.69) is 21.3 Å². The number of nitrogens with zero attached hydrogens (tertiary/aromatic N) is 3. The summed E-state index contributed by atoms with van der Waals surface area (Å²) in [6.45, 7) is 3.25. The Morgan fingerprint density at radius 3 is 2.95 bits per heavy atom. The maximum Gasteiger partial charge on any atom is 0.270 e. The molecule has 1 N–H and O–H groups in total. The van der Waals surface area contributed by atoms with Crippen LogP contribution in [0.1, 0.15) is 28.9 Å². The number of amides is 1. The van der Waals surface area contributed by atoms with Crippen LogP contribution >= 0.6 is 11.3 Å². The van der Waals surface area contributed by atoms with E-state index in [0.29, 0.717) is 17.2 Å². The summed E-state index contributed by atoms with van der Waals surface area (Å²) in [6.07, 6.45) is 4.02. The predicted octanol–water partition coefficient (Wildman–Crippen LogP) is 1.99. The van der Waals surface area contributed by atoms with Gasteiger partial charge in [-0.2, -0.15) is 5.26 Å². The maximum atomic E-state index is 12.5. The van der Waals surface area contributed by atoms with Gasteiger partial charge in [-0.05, 0) is 37.9 Å². The van der Waals surface area contributed by atoms with Gasteiger partial charge in [0.25, 0.3) is 5.91 Å². The van der Waals surface area contributed by atoms with E-state index in [-0.39, 0.29) is 11.9 Å². The van der Waals surface area contributed by atoms with Gasteiger partial charge < -0.3 is 10.2 Å². The van der Waals surface area contributed by atoms with Crippen molar-refractivity contribution in [3.05, 3.63) is 28.9 Å². The van der Waals surface area contributed by atoms with Crippen LogP contribution in [0.5, 0.6) is 0 Å². The van der Waals surface area contributed by atoms with Crippen molar-refractivity contribution in [2.45, 2.75) is 18.9 Å². The number of carbonyl (C=O) groups excluding carboxylic acids is 1. The molecule has 1 atom stereocenters. The van der Waals surface area contributed by atoms with Crippen molar-refractivity contribution < 1.29 is 4.79 Å². The summed E-state index contributed by atoms with van der Waals surface area (Å²) in [4.78, 5) is 19.2. The van der Waals surface area contributed by atoms with Crippen molar-refractivity contribution in [1.82, 2.24) is 15.2 Å². The minimum absolute atomic E-state index is 0.129. The number of pyridine rings is 1. The summed E-state index contributed by atoms with van der Waals surface area (Å²) in [7, 11) is 0. The average Bonchev–Trinajstić information content (AvgIpc) is 2.98. The first-order chi connectivity index (χ1) is 10.7. The molecule has 112 valence electrons. The molecule has 3 fully saturated rings. The van der Waals surface area contributed by atoms with Crippen LogP contribution in [0, 0.1) is 17.2 Å². The van der Waals surface area contributed by atoms with E-state index in [1.54, 1.807) is 17.6 Å². The lowest BCUT2D eigenvalue weighted by atomic mass is 9.84. The van der Waals surface area contributed by atoms with E-state index in [4.69, 9.17) is 5.26 Å². The highest BCUT2D eigenvalue weighted by atomic mass is 32.1. The molecular formula is C16H16N4OS. The highest BCUT2D eigenvalue weighted by molar-refractivity contribution is 7.17. The van der Waals surface area contributed by atoms with Gasteiger partial charge >= 0.3 is 0 Å². The fraction of sp³-hybridized carbons (Fsp3) is 0.438. The number of aromatic nitrogens is 1. The van der Waals surface area contributed by atoms with Gasteiger partial charge in [0.1, 0.15) is 11.8 Å². The van der Waals surface area contributed by atoms with Crippen LogP contribution in [0.3, 0.4) is 0 Å².